The summed E-state index contributed by atoms with van der Waals surface area (Å²) >= 11 is 6.31. The van der Waals surface area contributed by atoms with Gasteiger partial charge >= 0.3 is 0 Å². The number of halogens is 1. The van der Waals surface area contributed by atoms with Crippen molar-refractivity contribution >= 4 is 11.6 Å². The van der Waals surface area contributed by atoms with Gasteiger partial charge in [-0.1, -0.05) is 18.5 Å². The first-order valence-corrected chi connectivity index (χ1v) is 7.18. The van der Waals surface area contributed by atoms with Gasteiger partial charge in [-0.3, -0.25) is 4.68 Å². The topological polar surface area (TPSA) is 62.3 Å². The second kappa shape index (κ2) is 6.83. The third kappa shape index (κ3) is 3.31. The van der Waals surface area contributed by atoms with Crippen LogP contribution in [0.3, 0.4) is 0 Å². The first-order valence-electron chi connectivity index (χ1n) is 6.80. The van der Waals surface area contributed by atoms with Crippen molar-refractivity contribution < 1.29 is 9.47 Å². The highest BCUT2D eigenvalue weighted by Gasteiger charge is 2.14. The summed E-state index contributed by atoms with van der Waals surface area (Å²) in [7, 11) is 3.49. The highest BCUT2D eigenvalue weighted by molar-refractivity contribution is 6.31. The SMILES string of the molecule is CCc1nn(C)c(COc2ccc(OC)cc2CN)c1Cl. The van der Waals surface area contributed by atoms with Crippen molar-refractivity contribution in [1.29, 1.82) is 0 Å². The Balaban J connectivity index is 2.18. The molecule has 0 fully saturated rings. The molecule has 0 aliphatic heterocycles. The molecule has 2 aromatic rings. The average molecular weight is 310 g/mol. The number of ether oxygens (including phenoxy) is 2. The Bertz CT molecular complexity index is 626. The molecule has 1 heterocycles. The molecule has 5 nitrogen and oxygen atoms in total. The molecule has 21 heavy (non-hydrogen) atoms. The third-order valence-electron chi connectivity index (χ3n) is 3.35. The standard InChI is InChI=1S/C15H20ClN3O2/c1-4-12-15(16)13(19(2)18-12)9-21-14-6-5-11(20-3)7-10(14)8-17/h5-7H,4,8-9,17H2,1-3H3. The molecule has 114 valence electrons. The molecule has 1 aromatic carbocycles. The molecule has 0 saturated carbocycles. The Morgan fingerprint density at radius 3 is 2.71 bits per heavy atom. The minimum Gasteiger partial charge on any atom is -0.497 e. The van der Waals surface area contributed by atoms with Gasteiger partial charge in [0.15, 0.2) is 0 Å². The molecule has 0 atom stereocenters. The lowest BCUT2D eigenvalue weighted by Crippen LogP contribution is -2.06. The van der Waals surface area contributed by atoms with Gasteiger partial charge in [-0.15, -0.1) is 0 Å². The van der Waals surface area contributed by atoms with E-state index in [9.17, 15) is 0 Å². The van der Waals surface area contributed by atoms with Crippen LogP contribution in [0.25, 0.3) is 0 Å². The van der Waals surface area contributed by atoms with E-state index in [1.54, 1.807) is 11.8 Å². The molecule has 0 saturated heterocycles. The van der Waals surface area contributed by atoms with Crippen molar-refractivity contribution in [3.05, 3.63) is 40.2 Å². The van der Waals surface area contributed by atoms with Crippen LogP contribution in [0.1, 0.15) is 23.9 Å². The fraction of sp³-hybridized carbons (Fsp3) is 0.400. The summed E-state index contributed by atoms with van der Waals surface area (Å²) in [6, 6.07) is 5.57. The zero-order valence-corrected chi connectivity index (χ0v) is 13.3. The number of methoxy groups -OCH3 is 1. The van der Waals surface area contributed by atoms with Gasteiger partial charge in [0.2, 0.25) is 0 Å². The predicted octanol–water partition coefficient (Wildman–Crippen LogP) is 2.68. The van der Waals surface area contributed by atoms with Crippen molar-refractivity contribution in [2.24, 2.45) is 12.8 Å². The Hall–Kier alpha value is -1.72. The molecule has 0 amide bonds. The molecule has 2 rings (SSSR count). The normalized spacial score (nSPS) is 10.7. The second-order valence-electron chi connectivity index (χ2n) is 4.65. The fourth-order valence-electron chi connectivity index (χ4n) is 2.11. The molecule has 0 bridgehead atoms. The maximum Gasteiger partial charge on any atom is 0.131 e. The molecular weight excluding hydrogens is 290 g/mol. The largest absolute Gasteiger partial charge is 0.497 e. The van der Waals surface area contributed by atoms with Gasteiger partial charge in [-0.25, -0.2) is 0 Å². The molecule has 0 radical (unpaired) electrons. The molecule has 6 heteroatoms. The van der Waals surface area contributed by atoms with E-state index >= 15 is 0 Å². The van der Waals surface area contributed by atoms with Crippen LogP contribution < -0.4 is 15.2 Å². The van der Waals surface area contributed by atoms with E-state index < -0.39 is 0 Å². The second-order valence-corrected chi connectivity index (χ2v) is 5.03. The monoisotopic (exact) mass is 309 g/mol. The van der Waals surface area contributed by atoms with E-state index in [4.69, 9.17) is 26.8 Å². The smallest absolute Gasteiger partial charge is 0.131 e. The summed E-state index contributed by atoms with van der Waals surface area (Å²) in [5, 5.41) is 5.04. The van der Waals surface area contributed by atoms with Crippen molar-refractivity contribution in [2.45, 2.75) is 26.5 Å². The molecule has 0 aliphatic carbocycles. The van der Waals surface area contributed by atoms with E-state index in [0.29, 0.717) is 18.2 Å². The van der Waals surface area contributed by atoms with Crippen LogP contribution >= 0.6 is 11.6 Å². The number of nitrogens with zero attached hydrogens (tertiary/aromatic N) is 2. The van der Waals surface area contributed by atoms with Gasteiger partial charge in [-0.2, -0.15) is 5.10 Å². The molecule has 0 aliphatic rings. The summed E-state index contributed by atoms with van der Waals surface area (Å²) in [5.41, 5.74) is 8.38. The van der Waals surface area contributed by atoms with Crippen molar-refractivity contribution in [1.82, 2.24) is 9.78 Å². The van der Waals surface area contributed by atoms with Crippen LogP contribution in [0.15, 0.2) is 18.2 Å². The van der Waals surface area contributed by atoms with Gasteiger partial charge in [0.05, 0.1) is 23.5 Å². The molecule has 0 spiro atoms. The number of nitrogens with two attached hydrogens (primary N) is 1. The summed E-state index contributed by atoms with van der Waals surface area (Å²) in [6.45, 7) is 2.75. The zero-order valence-electron chi connectivity index (χ0n) is 12.5. The Labute approximate surface area is 129 Å². The number of aromatic nitrogens is 2. The van der Waals surface area contributed by atoms with E-state index in [2.05, 4.69) is 5.10 Å². The van der Waals surface area contributed by atoms with E-state index in [1.807, 2.05) is 32.2 Å². The third-order valence-corrected chi connectivity index (χ3v) is 3.79. The van der Waals surface area contributed by atoms with E-state index in [-0.39, 0.29) is 0 Å². The Morgan fingerprint density at radius 1 is 1.38 bits per heavy atom. The number of benzene rings is 1. The molecule has 0 unspecified atom stereocenters. The number of hydrogen-bond acceptors (Lipinski definition) is 4. The summed E-state index contributed by atoms with van der Waals surface area (Å²) < 4.78 is 12.8. The van der Waals surface area contributed by atoms with Gasteiger partial charge in [0.1, 0.15) is 18.1 Å². The number of rotatable bonds is 6. The minimum atomic E-state index is 0.349. The van der Waals surface area contributed by atoms with Crippen molar-refractivity contribution in [3.63, 3.8) is 0 Å². The van der Waals surface area contributed by atoms with Crippen LogP contribution in [-0.4, -0.2) is 16.9 Å². The molecular formula is C15H20ClN3O2. The highest BCUT2D eigenvalue weighted by Crippen LogP contribution is 2.26. The van der Waals surface area contributed by atoms with Crippen molar-refractivity contribution in [2.75, 3.05) is 7.11 Å². The molecule has 2 N–H and O–H groups in total. The average Bonchev–Trinajstić information content (AvgIpc) is 2.79. The van der Waals surface area contributed by atoms with Crippen molar-refractivity contribution in [3.8, 4) is 11.5 Å². The van der Waals surface area contributed by atoms with E-state index in [0.717, 1.165) is 34.9 Å². The zero-order chi connectivity index (χ0) is 15.4. The van der Waals surface area contributed by atoms with Gasteiger partial charge in [0, 0.05) is 19.2 Å². The Kier molecular flexibility index (Phi) is 5.09. The maximum atomic E-state index is 6.31. The van der Waals surface area contributed by atoms with Crippen LogP contribution in [0, 0.1) is 0 Å². The van der Waals surface area contributed by atoms with Gasteiger partial charge in [0.25, 0.3) is 0 Å². The summed E-state index contributed by atoms with van der Waals surface area (Å²) in [5.74, 6) is 1.49. The predicted molar refractivity (Wildman–Crippen MR) is 82.8 cm³/mol. The van der Waals surface area contributed by atoms with E-state index in [1.165, 1.54) is 0 Å². The summed E-state index contributed by atoms with van der Waals surface area (Å²) in [4.78, 5) is 0. The lowest BCUT2D eigenvalue weighted by Gasteiger charge is -2.12. The van der Waals surface area contributed by atoms with Gasteiger partial charge in [-0.05, 0) is 24.6 Å². The first kappa shape index (κ1) is 15.7. The number of aryl methyl sites for hydroxylation is 2. The first-order chi connectivity index (χ1) is 10.1. The minimum absolute atomic E-state index is 0.349. The lowest BCUT2D eigenvalue weighted by molar-refractivity contribution is 0.291. The molecule has 1 aromatic heterocycles. The maximum absolute atomic E-state index is 6.31. The van der Waals surface area contributed by atoms with Crippen LogP contribution in [0.4, 0.5) is 0 Å². The van der Waals surface area contributed by atoms with Crippen LogP contribution in [-0.2, 0) is 26.6 Å². The van der Waals surface area contributed by atoms with Crippen LogP contribution in [0.2, 0.25) is 5.02 Å². The highest BCUT2D eigenvalue weighted by atomic mass is 35.5. The van der Waals surface area contributed by atoms with Gasteiger partial charge < -0.3 is 15.2 Å². The lowest BCUT2D eigenvalue weighted by atomic mass is 10.2. The quantitative estimate of drug-likeness (QED) is 0.891. The Morgan fingerprint density at radius 2 is 2.14 bits per heavy atom. The fourth-order valence-corrected chi connectivity index (χ4v) is 2.45. The van der Waals surface area contributed by atoms with Crippen LogP contribution in [0.5, 0.6) is 11.5 Å². The summed E-state index contributed by atoms with van der Waals surface area (Å²) in [6.07, 6.45) is 0.795. The number of hydrogen-bond donors (Lipinski definition) is 1.